The monoisotopic (exact) mass is 383 g/mol. The molecule has 0 radical (unpaired) electrons. The predicted octanol–water partition coefficient (Wildman–Crippen LogP) is 2.91. The lowest BCUT2D eigenvalue weighted by Crippen LogP contribution is -2.20. The van der Waals surface area contributed by atoms with Crippen LogP contribution in [0.3, 0.4) is 0 Å². The molecular formula is C11H15Br2NO2S. The largest absolute Gasteiger partial charge is 0.313 e. The second-order valence-electron chi connectivity index (χ2n) is 3.93. The fourth-order valence-corrected chi connectivity index (χ4v) is 3.13. The molecule has 0 saturated carbocycles. The third-order valence-electron chi connectivity index (χ3n) is 2.46. The highest BCUT2D eigenvalue weighted by atomic mass is 79.9. The highest BCUT2D eigenvalue weighted by Crippen LogP contribution is 2.28. The van der Waals surface area contributed by atoms with E-state index in [4.69, 9.17) is 0 Å². The molecule has 6 heteroatoms. The van der Waals surface area contributed by atoms with Gasteiger partial charge >= 0.3 is 0 Å². The average Bonchev–Trinajstić information content (AvgIpc) is 2.22. The van der Waals surface area contributed by atoms with Crippen LogP contribution in [0.1, 0.15) is 18.0 Å². The lowest BCUT2D eigenvalue weighted by molar-refractivity contribution is 0.557. The zero-order valence-electron chi connectivity index (χ0n) is 9.70. The van der Waals surface area contributed by atoms with Gasteiger partial charge in [-0.1, -0.05) is 31.9 Å². The van der Waals surface area contributed by atoms with Gasteiger partial charge in [0.05, 0.1) is 5.75 Å². The van der Waals surface area contributed by atoms with Crippen molar-refractivity contribution in [2.45, 2.75) is 12.5 Å². The zero-order valence-corrected chi connectivity index (χ0v) is 13.7. The Morgan fingerprint density at radius 1 is 1.35 bits per heavy atom. The Kier molecular flexibility index (Phi) is 5.63. The molecule has 0 aliphatic heterocycles. The summed E-state index contributed by atoms with van der Waals surface area (Å²) in [6.07, 6.45) is 1.82. The molecule has 0 amide bonds. The maximum atomic E-state index is 11.2. The highest BCUT2D eigenvalue weighted by molar-refractivity contribution is 9.11. The Morgan fingerprint density at radius 2 is 2.00 bits per heavy atom. The summed E-state index contributed by atoms with van der Waals surface area (Å²) in [6, 6.07) is 5.91. The van der Waals surface area contributed by atoms with Crippen molar-refractivity contribution in [3.05, 3.63) is 32.7 Å². The van der Waals surface area contributed by atoms with E-state index in [2.05, 4.69) is 37.2 Å². The van der Waals surface area contributed by atoms with Crippen LogP contribution in [0.15, 0.2) is 27.1 Å². The molecule has 1 unspecified atom stereocenters. The molecule has 17 heavy (non-hydrogen) atoms. The summed E-state index contributed by atoms with van der Waals surface area (Å²) in [4.78, 5) is 0. The summed E-state index contributed by atoms with van der Waals surface area (Å²) in [7, 11) is -1.09. The molecule has 0 saturated heterocycles. The van der Waals surface area contributed by atoms with Gasteiger partial charge in [-0.2, -0.15) is 0 Å². The Hall–Kier alpha value is 0.0900. The topological polar surface area (TPSA) is 46.2 Å². The van der Waals surface area contributed by atoms with Gasteiger partial charge in [-0.05, 0) is 37.2 Å². The molecule has 1 rings (SSSR count). The van der Waals surface area contributed by atoms with Crippen LogP contribution in [-0.2, 0) is 9.84 Å². The number of sulfone groups is 1. The first-order chi connectivity index (χ1) is 7.83. The number of hydrogen-bond donors (Lipinski definition) is 1. The van der Waals surface area contributed by atoms with E-state index in [-0.39, 0.29) is 11.8 Å². The van der Waals surface area contributed by atoms with Crippen molar-refractivity contribution in [1.29, 1.82) is 0 Å². The van der Waals surface area contributed by atoms with Gasteiger partial charge < -0.3 is 5.32 Å². The molecule has 0 bridgehead atoms. The van der Waals surface area contributed by atoms with Gasteiger partial charge in [0, 0.05) is 21.2 Å². The second-order valence-corrected chi connectivity index (χ2v) is 7.96. The van der Waals surface area contributed by atoms with Crippen LogP contribution < -0.4 is 5.32 Å². The molecule has 0 aliphatic rings. The predicted molar refractivity (Wildman–Crippen MR) is 78.0 cm³/mol. The van der Waals surface area contributed by atoms with Crippen LogP contribution in [0.4, 0.5) is 0 Å². The lowest BCUT2D eigenvalue weighted by atomic mass is 10.1. The molecule has 1 aromatic carbocycles. The van der Waals surface area contributed by atoms with Crippen molar-refractivity contribution < 1.29 is 8.42 Å². The van der Waals surface area contributed by atoms with Gasteiger partial charge in [-0.15, -0.1) is 0 Å². The maximum Gasteiger partial charge on any atom is 0.147 e. The van der Waals surface area contributed by atoms with Crippen LogP contribution in [-0.4, -0.2) is 27.5 Å². The standard InChI is InChI=1S/C11H15Br2NO2S/c1-14-11(5-6-17(2,15)16)9-7-8(12)3-4-10(9)13/h3-4,7,11,14H,5-6H2,1-2H3. The summed E-state index contributed by atoms with van der Waals surface area (Å²) in [5.74, 6) is 0.178. The third-order valence-corrected chi connectivity index (χ3v) is 4.65. The van der Waals surface area contributed by atoms with E-state index in [1.165, 1.54) is 6.26 Å². The summed E-state index contributed by atoms with van der Waals surface area (Å²) >= 11 is 6.90. The Labute approximate surface area is 119 Å². The lowest BCUT2D eigenvalue weighted by Gasteiger charge is -2.18. The van der Waals surface area contributed by atoms with Crippen molar-refractivity contribution >= 4 is 41.7 Å². The van der Waals surface area contributed by atoms with E-state index in [0.29, 0.717) is 6.42 Å². The van der Waals surface area contributed by atoms with Crippen molar-refractivity contribution in [2.75, 3.05) is 19.1 Å². The molecule has 0 fully saturated rings. The molecule has 0 aromatic heterocycles. The molecule has 0 aliphatic carbocycles. The molecule has 1 atom stereocenters. The Bertz CT molecular complexity index is 488. The molecule has 96 valence electrons. The summed E-state index contributed by atoms with van der Waals surface area (Å²) in [5.41, 5.74) is 1.06. The van der Waals surface area contributed by atoms with Crippen LogP contribution in [0.25, 0.3) is 0 Å². The SMILES string of the molecule is CNC(CCS(C)(=O)=O)c1cc(Br)ccc1Br. The average molecular weight is 385 g/mol. The fourth-order valence-electron chi connectivity index (χ4n) is 1.57. The molecule has 0 spiro atoms. The van der Waals surface area contributed by atoms with Crippen LogP contribution in [0, 0.1) is 0 Å². The Morgan fingerprint density at radius 3 is 2.53 bits per heavy atom. The summed E-state index contributed by atoms with van der Waals surface area (Å²) < 4.78 is 24.3. The number of halogens is 2. The van der Waals surface area contributed by atoms with Crippen molar-refractivity contribution in [1.82, 2.24) is 5.32 Å². The minimum absolute atomic E-state index is 0.0246. The highest BCUT2D eigenvalue weighted by Gasteiger charge is 2.15. The first kappa shape index (κ1) is 15.1. The van der Waals surface area contributed by atoms with Crippen LogP contribution in [0.2, 0.25) is 0 Å². The van der Waals surface area contributed by atoms with Gasteiger partial charge in [-0.25, -0.2) is 8.42 Å². The normalized spacial score (nSPS) is 13.6. The summed E-state index contributed by atoms with van der Waals surface area (Å²) in [5, 5.41) is 3.14. The van der Waals surface area contributed by atoms with E-state index >= 15 is 0 Å². The molecular weight excluding hydrogens is 370 g/mol. The van der Waals surface area contributed by atoms with Gasteiger partial charge in [0.2, 0.25) is 0 Å². The smallest absolute Gasteiger partial charge is 0.147 e. The van der Waals surface area contributed by atoms with E-state index in [1.54, 1.807) is 0 Å². The van der Waals surface area contributed by atoms with Gasteiger partial charge in [0.1, 0.15) is 9.84 Å². The number of rotatable bonds is 5. The van der Waals surface area contributed by atoms with E-state index in [9.17, 15) is 8.42 Å². The van der Waals surface area contributed by atoms with E-state index < -0.39 is 9.84 Å². The Balaban J connectivity index is 2.90. The van der Waals surface area contributed by atoms with E-state index in [0.717, 1.165) is 14.5 Å². The fraction of sp³-hybridized carbons (Fsp3) is 0.455. The van der Waals surface area contributed by atoms with Gasteiger partial charge in [-0.3, -0.25) is 0 Å². The number of nitrogens with one attached hydrogen (secondary N) is 1. The molecule has 3 nitrogen and oxygen atoms in total. The van der Waals surface area contributed by atoms with Crippen LogP contribution in [0.5, 0.6) is 0 Å². The van der Waals surface area contributed by atoms with E-state index in [1.807, 2.05) is 25.2 Å². The minimum Gasteiger partial charge on any atom is -0.313 e. The maximum absolute atomic E-state index is 11.2. The summed E-state index contributed by atoms with van der Waals surface area (Å²) in [6.45, 7) is 0. The second kappa shape index (κ2) is 6.31. The first-order valence-corrected chi connectivity index (χ1v) is 8.78. The van der Waals surface area contributed by atoms with Crippen LogP contribution >= 0.6 is 31.9 Å². The van der Waals surface area contributed by atoms with Gasteiger partial charge in [0.25, 0.3) is 0 Å². The molecule has 1 N–H and O–H groups in total. The number of benzene rings is 1. The van der Waals surface area contributed by atoms with Crippen molar-refractivity contribution in [2.24, 2.45) is 0 Å². The van der Waals surface area contributed by atoms with Gasteiger partial charge in [0.15, 0.2) is 0 Å². The first-order valence-electron chi connectivity index (χ1n) is 5.13. The molecule has 0 heterocycles. The van der Waals surface area contributed by atoms with Crippen molar-refractivity contribution in [3.63, 3.8) is 0 Å². The quantitative estimate of drug-likeness (QED) is 0.848. The number of hydrogen-bond acceptors (Lipinski definition) is 3. The molecule has 1 aromatic rings. The minimum atomic E-state index is -2.93. The third kappa shape index (κ3) is 5.07. The van der Waals surface area contributed by atoms with Crippen molar-refractivity contribution in [3.8, 4) is 0 Å². The zero-order chi connectivity index (χ0) is 13.1.